The van der Waals surface area contributed by atoms with Gasteiger partial charge in [-0.25, -0.2) is 0 Å². The molecule has 12 heavy (non-hydrogen) atoms. The molecule has 1 amide bonds. The van der Waals surface area contributed by atoms with Crippen molar-refractivity contribution in [1.82, 2.24) is 0 Å². The summed E-state index contributed by atoms with van der Waals surface area (Å²) in [6.45, 7) is 1.53. The van der Waals surface area contributed by atoms with Crippen LogP contribution in [0.1, 0.15) is 13.3 Å². The number of rotatable bonds is 4. The van der Waals surface area contributed by atoms with Gasteiger partial charge in [-0.3, -0.25) is 9.35 Å². The summed E-state index contributed by atoms with van der Waals surface area (Å²) < 4.78 is 28.8. The van der Waals surface area contributed by atoms with Gasteiger partial charge in [0.25, 0.3) is 10.1 Å². The first-order valence-corrected chi connectivity index (χ1v) is 4.65. The minimum absolute atomic E-state index is 0. The summed E-state index contributed by atoms with van der Waals surface area (Å²) in [5.41, 5.74) is 4.80. The molecule has 1 unspecified atom stereocenters. The molecular formula is C5H12NNaO4S. The number of hydrogen-bond acceptors (Lipinski definition) is 3. The van der Waals surface area contributed by atoms with Gasteiger partial charge < -0.3 is 5.73 Å². The van der Waals surface area contributed by atoms with Crippen LogP contribution in [0.5, 0.6) is 0 Å². The predicted octanol–water partition coefficient (Wildman–Crippen LogP) is -1.26. The van der Waals surface area contributed by atoms with E-state index in [1.54, 1.807) is 0 Å². The molecule has 0 radical (unpaired) electrons. The zero-order valence-electron chi connectivity index (χ0n) is 6.15. The molecule has 0 saturated carbocycles. The molecule has 7 heteroatoms. The quantitative estimate of drug-likeness (QED) is 0.442. The van der Waals surface area contributed by atoms with Crippen LogP contribution in [0.2, 0.25) is 0 Å². The predicted molar refractivity (Wildman–Crippen MR) is 46.5 cm³/mol. The van der Waals surface area contributed by atoms with Crippen molar-refractivity contribution in [3.8, 4) is 0 Å². The number of nitrogens with two attached hydrogens (primary N) is 1. The Kier molecular flexibility index (Phi) is 7.35. The van der Waals surface area contributed by atoms with Gasteiger partial charge in [0, 0.05) is 6.42 Å². The number of carbonyl (C=O) groups excluding carboxylic acids is 1. The summed E-state index contributed by atoms with van der Waals surface area (Å²) in [6, 6.07) is 0. The molecule has 0 aliphatic rings. The Morgan fingerprint density at radius 2 is 2.00 bits per heavy atom. The summed E-state index contributed by atoms with van der Waals surface area (Å²) in [4.78, 5) is 10.2. The van der Waals surface area contributed by atoms with Gasteiger partial charge in [0.15, 0.2) is 0 Å². The Labute approximate surface area is 93.7 Å². The summed E-state index contributed by atoms with van der Waals surface area (Å²) in [5, 5.41) is 0. The molecule has 0 aromatic carbocycles. The SMILES string of the molecule is CC(CC(N)=O)CS(=O)(=O)O.[NaH]. The molecule has 1 atom stereocenters. The molecule has 0 rings (SSSR count). The Morgan fingerprint density at radius 3 is 2.25 bits per heavy atom. The van der Waals surface area contributed by atoms with Crippen molar-refractivity contribution in [2.75, 3.05) is 5.75 Å². The van der Waals surface area contributed by atoms with Crippen LogP contribution in [0.25, 0.3) is 0 Å². The van der Waals surface area contributed by atoms with Gasteiger partial charge in [-0.1, -0.05) is 6.92 Å². The number of primary amides is 1. The number of amides is 1. The van der Waals surface area contributed by atoms with Crippen LogP contribution in [-0.4, -0.2) is 54.2 Å². The van der Waals surface area contributed by atoms with E-state index in [9.17, 15) is 13.2 Å². The van der Waals surface area contributed by atoms with Crippen LogP contribution in [0, 0.1) is 5.92 Å². The third kappa shape index (κ3) is 10.4. The van der Waals surface area contributed by atoms with Gasteiger partial charge in [-0.2, -0.15) is 8.42 Å². The Morgan fingerprint density at radius 1 is 1.58 bits per heavy atom. The van der Waals surface area contributed by atoms with Crippen molar-refractivity contribution in [2.24, 2.45) is 11.7 Å². The molecular weight excluding hydrogens is 193 g/mol. The monoisotopic (exact) mass is 205 g/mol. The fourth-order valence-corrected chi connectivity index (χ4v) is 1.60. The number of hydrogen-bond donors (Lipinski definition) is 2. The normalized spacial score (nSPS) is 13.2. The van der Waals surface area contributed by atoms with Gasteiger partial charge in [-0.05, 0) is 5.92 Å². The van der Waals surface area contributed by atoms with Crippen LogP contribution >= 0.6 is 0 Å². The van der Waals surface area contributed by atoms with E-state index in [1.165, 1.54) is 6.92 Å². The maximum atomic E-state index is 10.2. The fourth-order valence-electron chi connectivity index (χ4n) is 0.762. The zero-order valence-corrected chi connectivity index (χ0v) is 6.97. The van der Waals surface area contributed by atoms with E-state index < -0.39 is 27.7 Å². The standard InChI is InChI=1S/C5H11NO4S.Na.H/c1-4(2-5(6)7)3-11(8,9)10;;/h4H,2-3H2,1H3,(H2,6,7)(H,8,9,10);;. The molecule has 0 aliphatic carbocycles. The van der Waals surface area contributed by atoms with Crippen molar-refractivity contribution in [1.29, 1.82) is 0 Å². The average Bonchev–Trinajstić information content (AvgIpc) is 1.53. The van der Waals surface area contributed by atoms with Gasteiger partial charge in [0.2, 0.25) is 5.91 Å². The van der Waals surface area contributed by atoms with Gasteiger partial charge >= 0.3 is 29.6 Å². The van der Waals surface area contributed by atoms with Crippen molar-refractivity contribution in [3.63, 3.8) is 0 Å². The van der Waals surface area contributed by atoms with Gasteiger partial charge in [0.1, 0.15) is 0 Å². The maximum absolute atomic E-state index is 10.2. The topological polar surface area (TPSA) is 97.5 Å². The Bertz CT molecular complexity index is 238. The van der Waals surface area contributed by atoms with E-state index in [2.05, 4.69) is 0 Å². The first-order chi connectivity index (χ1) is 4.81. The third-order valence-electron chi connectivity index (χ3n) is 1.04. The Balaban J connectivity index is 0. The van der Waals surface area contributed by atoms with E-state index in [0.717, 1.165) is 0 Å². The molecule has 5 nitrogen and oxygen atoms in total. The zero-order chi connectivity index (χ0) is 9.07. The fraction of sp³-hybridized carbons (Fsp3) is 0.800. The summed E-state index contributed by atoms with van der Waals surface area (Å²) >= 11 is 0. The molecule has 0 heterocycles. The van der Waals surface area contributed by atoms with Gasteiger partial charge in [-0.15, -0.1) is 0 Å². The molecule has 0 fully saturated rings. The molecule has 0 aromatic rings. The molecule has 0 spiro atoms. The van der Waals surface area contributed by atoms with Crippen LogP contribution < -0.4 is 5.73 Å². The van der Waals surface area contributed by atoms with Crippen LogP contribution in [-0.2, 0) is 14.9 Å². The molecule has 68 valence electrons. The Hall–Kier alpha value is 0.380. The minimum atomic E-state index is -3.98. The second-order valence-corrected chi connectivity index (χ2v) is 4.02. The summed E-state index contributed by atoms with van der Waals surface area (Å²) in [5.74, 6) is -1.42. The van der Waals surface area contributed by atoms with Crippen molar-refractivity contribution in [3.05, 3.63) is 0 Å². The first-order valence-electron chi connectivity index (χ1n) is 3.04. The summed E-state index contributed by atoms with van der Waals surface area (Å²) in [6.07, 6.45) is -0.0280. The van der Waals surface area contributed by atoms with Crippen LogP contribution in [0.4, 0.5) is 0 Å². The molecule has 0 aliphatic heterocycles. The molecule has 3 N–H and O–H groups in total. The van der Waals surface area contributed by atoms with Crippen LogP contribution in [0.3, 0.4) is 0 Å². The molecule has 0 aromatic heterocycles. The van der Waals surface area contributed by atoms with E-state index in [0.29, 0.717) is 0 Å². The van der Waals surface area contributed by atoms with Crippen molar-refractivity contribution < 1.29 is 17.8 Å². The van der Waals surface area contributed by atoms with Crippen LogP contribution in [0.15, 0.2) is 0 Å². The average molecular weight is 205 g/mol. The van der Waals surface area contributed by atoms with Crippen molar-refractivity contribution >= 4 is 45.6 Å². The molecule has 0 saturated heterocycles. The van der Waals surface area contributed by atoms with Gasteiger partial charge in [0.05, 0.1) is 5.75 Å². The van der Waals surface area contributed by atoms with E-state index in [1.807, 2.05) is 0 Å². The molecule has 0 bridgehead atoms. The third-order valence-corrected chi connectivity index (χ3v) is 2.04. The second kappa shape index (κ2) is 5.93. The second-order valence-electron chi connectivity index (χ2n) is 2.52. The van der Waals surface area contributed by atoms with Crippen molar-refractivity contribution in [2.45, 2.75) is 13.3 Å². The van der Waals surface area contributed by atoms with E-state index in [4.69, 9.17) is 10.3 Å². The van der Waals surface area contributed by atoms with E-state index in [-0.39, 0.29) is 36.0 Å². The summed E-state index contributed by atoms with van der Waals surface area (Å²) in [7, 11) is -3.98. The first kappa shape index (κ1) is 14.9. The number of carbonyl (C=O) groups is 1. The van der Waals surface area contributed by atoms with E-state index >= 15 is 0 Å².